The molecule has 3 rings (SSSR count). The van der Waals surface area contributed by atoms with Gasteiger partial charge in [0.2, 0.25) is 0 Å². The molecule has 146 valence electrons. The van der Waals surface area contributed by atoms with Crippen molar-refractivity contribution < 1.29 is 15.0 Å². The first kappa shape index (κ1) is 19.6. The number of amides is 1. The van der Waals surface area contributed by atoms with Crippen LogP contribution in [0.3, 0.4) is 0 Å². The highest BCUT2D eigenvalue weighted by Gasteiger charge is 2.17. The van der Waals surface area contributed by atoms with Crippen LogP contribution in [0.15, 0.2) is 35.3 Å². The number of benzene rings is 1. The quantitative estimate of drug-likeness (QED) is 0.678. The molecule has 3 N–H and O–H groups in total. The molecule has 0 saturated heterocycles. The fourth-order valence-corrected chi connectivity index (χ4v) is 3.91. The molecule has 2 aromatic rings. The van der Waals surface area contributed by atoms with Gasteiger partial charge in [0.15, 0.2) is 0 Å². The lowest BCUT2D eigenvalue weighted by Crippen LogP contribution is -2.31. The molecule has 1 aromatic heterocycles. The Balaban J connectivity index is 1.83. The molecular weight excluding hydrogens is 344 g/mol. The van der Waals surface area contributed by atoms with Gasteiger partial charge < -0.3 is 20.1 Å². The van der Waals surface area contributed by atoms with Crippen LogP contribution in [0.1, 0.15) is 54.9 Å². The van der Waals surface area contributed by atoms with E-state index >= 15 is 0 Å². The Kier molecular flexibility index (Phi) is 6.63. The van der Waals surface area contributed by atoms with Crippen LogP contribution >= 0.6 is 0 Å². The fourth-order valence-electron chi connectivity index (χ4n) is 3.91. The molecule has 0 unspecified atom stereocenters. The number of fused-ring (bicyclic) bond motifs is 1. The summed E-state index contributed by atoms with van der Waals surface area (Å²) in [5.41, 5.74) is 0.161. The molecule has 1 heterocycles. The lowest BCUT2D eigenvalue weighted by atomic mass is 10.00. The maximum atomic E-state index is 12.7. The highest BCUT2D eigenvalue weighted by molar-refractivity contribution is 6.06. The van der Waals surface area contributed by atoms with Crippen molar-refractivity contribution in [1.82, 2.24) is 9.88 Å². The van der Waals surface area contributed by atoms with E-state index in [0.717, 1.165) is 12.8 Å². The van der Waals surface area contributed by atoms with Crippen molar-refractivity contribution in [1.29, 1.82) is 0 Å². The minimum atomic E-state index is -0.686. The zero-order valence-corrected chi connectivity index (χ0v) is 15.6. The average molecular weight is 372 g/mol. The number of nitrogens with one attached hydrogen (secondary N) is 1. The zero-order chi connectivity index (χ0) is 19.2. The summed E-state index contributed by atoms with van der Waals surface area (Å²) in [5, 5.41) is 22.7. The number of hydrogen-bond acceptors (Lipinski definition) is 4. The second-order valence-corrected chi connectivity index (χ2v) is 7.38. The standard InChI is InChI=1S/C21H28N2O4/c24-13-16(14-25)23-11-10-17-18(8-5-9-19(17)21(23)27)20(26)22-12-15-6-3-1-2-4-7-15/h5,8-11,15-16,24-25H,1-4,6-7,12-14H2,(H,22,26). The van der Waals surface area contributed by atoms with E-state index in [-0.39, 0.29) is 24.7 Å². The van der Waals surface area contributed by atoms with Crippen LogP contribution in [-0.4, -0.2) is 40.4 Å². The highest BCUT2D eigenvalue weighted by atomic mass is 16.3. The van der Waals surface area contributed by atoms with E-state index in [2.05, 4.69) is 5.32 Å². The number of aliphatic hydroxyl groups is 2. The summed E-state index contributed by atoms with van der Waals surface area (Å²) < 4.78 is 1.32. The monoisotopic (exact) mass is 372 g/mol. The van der Waals surface area contributed by atoms with Crippen LogP contribution in [0.25, 0.3) is 10.8 Å². The van der Waals surface area contributed by atoms with Gasteiger partial charge in [0.05, 0.1) is 19.3 Å². The molecule has 6 heteroatoms. The predicted molar refractivity (Wildman–Crippen MR) is 105 cm³/mol. The second kappa shape index (κ2) is 9.15. The topological polar surface area (TPSA) is 91.6 Å². The third-order valence-electron chi connectivity index (χ3n) is 5.56. The largest absolute Gasteiger partial charge is 0.394 e. The van der Waals surface area contributed by atoms with E-state index in [4.69, 9.17) is 0 Å². The third-order valence-corrected chi connectivity index (χ3v) is 5.56. The first-order valence-electron chi connectivity index (χ1n) is 9.79. The maximum absolute atomic E-state index is 12.7. The smallest absolute Gasteiger partial charge is 0.258 e. The molecule has 1 fully saturated rings. The van der Waals surface area contributed by atoms with E-state index in [1.54, 1.807) is 24.3 Å². The molecular formula is C21H28N2O4. The summed E-state index contributed by atoms with van der Waals surface area (Å²) in [6.07, 6.45) is 8.86. The van der Waals surface area contributed by atoms with Gasteiger partial charge in [-0.3, -0.25) is 9.59 Å². The van der Waals surface area contributed by atoms with Gasteiger partial charge in [-0.05, 0) is 37.0 Å². The molecule has 27 heavy (non-hydrogen) atoms. The molecule has 0 aliphatic heterocycles. The first-order chi connectivity index (χ1) is 13.2. The Morgan fingerprint density at radius 3 is 2.44 bits per heavy atom. The van der Waals surface area contributed by atoms with Crippen molar-refractivity contribution in [3.8, 4) is 0 Å². The van der Waals surface area contributed by atoms with E-state index in [1.165, 1.54) is 36.4 Å². The van der Waals surface area contributed by atoms with Crippen LogP contribution in [0, 0.1) is 5.92 Å². The lowest BCUT2D eigenvalue weighted by molar-refractivity contribution is 0.0947. The summed E-state index contributed by atoms with van der Waals surface area (Å²) in [4.78, 5) is 25.4. The van der Waals surface area contributed by atoms with Crippen LogP contribution in [0.2, 0.25) is 0 Å². The number of hydrogen-bond donors (Lipinski definition) is 3. The van der Waals surface area contributed by atoms with Gasteiger partial charge in [-0.15, -0.1) is 0 Å². The Bertz CT molecular complexity index is 834. The van der Waals surface area contributed by atoms with Gasteiger partial charge in [0.1, 0.15) is 0 Å². The van der Waals surface area contributed by atoms with Gasteiger partial charge in [-0.25, -0.2) is 0 Å². The molecule has 1 aromatic carbocycles. The van der Waals surface area contributed by atoms with Crippen molar-refractivity contribution in [2.75, 3.05) is 19.8 Å². The molecule has 6 nitrogen and oxygen atoms in total. The van der Waals surface area contributed by atoms with Gasteiger partial charge in [-0.2, -0.15) is 0 Å². The van der Waals surface area contributed by atoms with Gasteiger partial charge >= 0.3 is 0 Å². The minimum absolute atomic E-state index is 0.164. The molecule has 1 aliphatic carbocycles. The minimum Gasteiger partial charge on any atom is -0.394 e. The Labute approximate surface area is 158 Å². The van der Waals surface area contributed by atoms with Crippen molar-refractivity contribution in [3.63, 3.8) is 0 Å². The Morgan fingerprint density at radius 1 is 1.07 bits per heavy atom. The summed E-state index contributed by atoms with van der Waals surface area (Å²) in [6.45, 7) is 0.0103. The number of carbonyl (C=O) groups excluding carboxylic acids is 1. The fraction of sp³-hybridized carbons (Fsp3) is 0.524. The SMILES string of the molecule is O=C(NCC1CCCCCC1)c1cccc2c(=O)n(C(CO)CO)ccc12. The van der Waals surface area contributed by atoms with E-state index in [9.17, 15) is 19.8 Å². The van der Waals surface area contributed by atoms with Crippen molar-refractivity contribution in [2.24, 2.45) is 5.92 Å². The highest BCUT2D eigenvalue weighted by Crippen LogP contribution is 2.22. The number of carbonyl (C=O) groups is 1. The van der Waals surface area contributed by atoms with Crippen LogP contribution in [0.5, 0.6) is 0 Å². The van der Waals surface area contributed by atoms with E-state index < -0.39 is 6.04 Å². The van der Waals surface area contributed by atoms with Crippen molar-refractivity contribution >= 4 is 16.7 Å². The number of aliphatic hydroxyl groups excluding tert-OH is 2. The van der Waals surface area contributed by atoms with Crippen molar-refractivity contribution in [2.45, 2.75) is 44.6 Å². The van der Waals surface area contributed by atoms with Gasteiger partial charge in [0, 0.05) is 29.1 Å². The summed E-state index contributed by atoms with van der Waals surface area (Å²) in [6, 6.07) is 6.11. The lowest BCUT2D eigenvalue weighted by Gasteiger charge is -2.17. The van der Waals surface area contributed by atoms with Crippen LogP contribution in [-0.2, 0) is 0 Å². The first-order valence-corrected chi connectivity index (χ1v) is 9.79. The summed E-state index contributed by atoms with van der Waals surface area (Å²) >= 11 is 0. The molecule has 0 spiro atoms. The molecule has 0 radical (unpaired) electrons. The normalized spacial score (nSPS) is 15.8. The number of rotatable bonds is 6. The molecule has 1 aliphatic rings. The van der Waals surface area contributed by atoms with Crippen molar-refractivity contribution in [3.05, 3.63) is 46.4 Å². The van der Waals surface area contributed by atoms with Gasteiger partial charge in [0.25, 0.3) is 11.5 Å². The van der Waals surface area contributed by atoms with E-state index in [0.29, 0.717) is 28.8 Å². The number of nitrogens with zero attached hydrogens (tertiary/aromatic N) is 1. The molecule has 1 amide bonds. The zero-order valence-electron chi connectivity index (χ0n) is 15.6. The molecule has 0 bridgehead atoms. The van der Waals surface area contributed by atoms with E-state index in [1.807, 2.05) is 0 Å². The Hall–Kier alpha value is -2.18. The summed E-state index contributed by atoms with van der Waals surface area (Å²) in [7, 11) is 0. The average Bonchev–Trinajstić information content (AvgIpc) is 2.97. The second-order valence-electron chi connectivity index (χ2n) is 7.38. The number of aromatic nitrogens is 1. The molecule has 1 saturated carbocycles. The van der Waals surface area contributed by atoms with Crippen LogP contribution in [0.4, 0.5) is 0 Å². The summed E-state index contributed by atoms with van der Waals surface area (Å²) in [5.74, 6) is 0.362. The molecule has 0 atom stereocenters. The van der Waals surface area contributed by atoms with Crippen LogP contribution < -0.4 is 10.9 Å². The number of pyridine rings is 1. The Morgan fingerprint density at radius 2 is 1.78 bits per heavy atom. The predicted octanol–water partition coefficient (Wildman–Crippen LogP) is 2.23. The van der Waals surface area contributed by atoms with Gasteiger partial charge in [-0.1, -0.05) is 31.7 Å². The third kappa shape index (κ3) is 4.39. The maximum Gasteiger partial charge on any atom is 0.258 e.